The summed E-state index contributed by atoms with van der Waals surface area (Å²) in [6.07, 6.45) is 1.62. The zero-order valence-corrected chi connectivity index (χ0v) is 15.3. The van der Waals surface area contributed by atoms with Gasteiger partial charge in [0.15, 0.2) is 11.5 Å². The van der Waals surface area contributed by atoms with Gasteiger partial charge in [0.1, 0.15) is 13.2 Å². The number of hydrogen-bond donors (Lipinski definition) is 1. The third kappa shape index (κ3) is 3.69. The molecule has 25 heavy (non-hydrogen) atoms. The molecular formula is C19H21NO4S. The predicted molar refractivity (Wildman–Crippen MR) is 97.9 cm³/mol. The Morgan fingerprint density at radius 1 is 1.04 bits per heavy atom. The topological polar surface area (TPSA) is 64.6 Å². The van der Waals surface area contributed by atoms with Crippen molar-refractivity contribution in [3.05, 3.63) is 48.0 Å². The van der Waals surface area contributed by atoms with Crippen molar-refractivity contribution in [2.45, 2.75) is 24.2 Å². The molecule has 0 radical (unpaired) electrons. The monoisotopic (exact) mass is 359 g/mol. The van der Waals surface area contributed by atoms with Crippen molar-refractivity contribution >= 4 is 22.4 Å². The van der Waals surface area contributed by atoms with Crippen molar-refractivity contribution in [1.82, 2.24) is 0 Å². The number of amides is 1. The Hall–Kier alpha value is -2.34. The lowest BCUT2D eigenvalue weighted by molar-refractivity contribution is -0.120. The first-order chi connectivity index (χ1) is 11.9. The minimum Gasteiger partial charge on any atom is -0.486 e. The van der Waals surface area contributed by atoms with E-state index in [-0.39, 0.29) is 5.91 Å². The van der Waals surface area contributed by atoms with Crippen molar-refractivity contribution in [3.8, 4) is 11.5 Å². The Morgan fingerprint density at radius 2 is 1.68 bits per heavy atom. The van der Waals surface area contributed by atoms with E-state index in [4.69, 9.17) is 9.47 Å². The van der Waals surface area contributed by atoms with Crippen LogP contribution in [0.5, 0.6) is 11.5 Å². The third-order valence-electron chi connectivity index (χ3n) is 4.28. The first-order valence-corrected chi connectivity index (χ1v) is 9.59. The molecule has 132 valence electrons. The van der Waals surface area contributed by atoms with Crippen molar-refractivity contribution in [3.63, 3.8) is 0 Å². The van der Waals surface area contributed by atoms with E-state index in [1.807, 2.05) is 32.0 Å². The molecule has 0 saturated heterocycles. The maximum absolute atomic E-state index is 12.8. The molecule has 1 unspecified atom stereocenters. The molecule has 2 aromatic carbocycles. The molecule has 0 bridgehead atoms. The fourth-order valence-electron chi connectivity index (χ4n) is 2.58. The standard InChI is InChI=1S/C19H21NO4S/c1-19(2,13-4-9-16-17(12-13)24-11-10-23-16)18(21)20-14-5-7-15(8-6-14)25(3)22/h4-9,12H,10-11H2,1-3H3,(H,20,21). The molecule has 1 atom stereocenters. The Morgan fingerprint density at radius 3 is 2.32 bits per heavy atom. The summed E-state index contributed by atoms with van der Waals surface area (Å²) in [7, 11) is -1.04. The molecule has 1 N–H and O–H groups in total. The lowest BCUT2D eigenvalue weighted by Crippen LogP contribution is -2.34. The van der Waals surface area contributed by atoms with Crippen LogP contribution in [0, 0.1) is 0 Å². The van der Waals surface area contributed by atoms with Crippen molar-refractivity contribution in [2.24, 2.45) is 0 Å². The van der Waals surface area contributed by atoms with Crippen LogP contribution in [0.15, 0.2) is 47.4 Å². The van der Waals surface area contributed by atoms with Gasteiger partial charge >= 0.3 is 0 Å². The number of anilines is 1. The van der Waals surface area contributed by atoms with Crippen LogP contribution in [0.2, 0.25) is 0 Å². The average Bonchev–Trinajstić information content (AvgIpc) is 2.61. The minimum absolute atomic E-state index is 0.130. The normalized spacial score (nSPS) is 14.7. The maximum Gasteiger partial charge on any atom is 0.234 e. The zero-order chi connectivity index (χ0) is 18.0. The van der Waals surface area contributed by atoms with Crippen LogP contribution in [0.1, 0.15) is 19.4 Å². The summed E-state index contributed by atoms with van der Waals surface area (Å²) >= 11 is 0. The summed E-state index contributed by atoms with van der Waals surface area (Å²) in [4.78, 5) is 13.5. The number of fused-ring (bicyclic) bond motifs is 1. The number of carbonyl (C=O) groups excluding carboxylic acids is 1. The SMILES string of the molecule is CS(=O)c1ccc(NC(=O)C(C)(C)c2ccc3c(c2)OCCO3)cc1. The largest absolute Gasteiger partial charge is 0.486 e. The molecule has 2 aromatic rings. The highest BCUT2D eigenvalue weighted by molar-refractivity contribution is 7.84. The van der Waals surface area contributed by atoms with E-state index in [0.717, 1.165) is 10.5 Å². The predicted octanol–water partition coefficient (Wildman–Crippen LogP) is 3.11. The highest BCUT2D eigenvalue weighted by Gasteiger charge is 2.31. The molecule has 1 aliphatic heterocycles. The molecular weight excluding hydrogens is 338 g/mol. The number of carbonyl (C=O) groups is 1. The second kappa shape index (κ2) is 6.88. The molecule has 0 spiro atoms. The Kier molecular flexibility index (Phi) is 4.81. The fraction of sp³-hybridized carbons (Fsp3) is 0.316. The Balaban J connectivity index is 1.79. The van der Waals surface area contributed by atoms with Gasteiger partial charge in [-0.3, -0.25) is 9.00 Å². The van der Waals surface area contributed by atoms with Crippen LogP contribution >= 0.6 is 0 Å². The van der Waals surface area contributed by atoms with E-state index in [0.29, 0.717) is 30.4 Å². The van der Waals surface area contributed by atoms with Gasteiger partial charge in [-0.2, -0.15) is 0 Å². The minimum atomic E-state index is -1.04. The van der Waals surface area contributed by atoms with Gasteiger partial charge in [-0.1, -0.05) is 6.07 Å². The van der Waals surface area contributed by atoms with Crippen LogP contribution < -0.4 is 14.8 Å². The molecule has 0 fully saturated rings. The molecule has 0 aliphatic carbocycles. The highest BCUT2D eigenvalue weighted by Crippen LogP contribution is 2.35. The molecule has 0 aromatic heterocycles. The van der Waals surface area contributed by atoms with Crippen molar-refractivity contribution in [2.75, 3.05) is 24.8 Å². The summed E-state index contributed by atoms with van der Waals surface area (Å²) < 4.78 is 22.6. The van der Waals surface area contributed by atoms with Gasteiger partial charge in [0.25, 0.3) is 0 Å². The first kappa shape index (κ1) is 17.5. The average molecular weight is 359 g/mol. The van der Waals surface area contributed by atoms with Crippen LogP contribution in [0.4, 0.5) is 5.69 Å². The molecule has 5 nitrogen and oxygen atoms in total. The van der Waals surface area contributed by atoms with Gasteiger partial charge in [-0.15, -0.1) is 0 Å². The number of benzene rings is 2. The number of hydrogen-bond acceptors (Lipinski definition) is 4. The van der Waals surface area contributed by atoms with Crippen LogP contribution in [-0.4, -0.2) is 29.6 Å². The number of rotatable bonds is 4. The Labute approximate surface area is 149 Å². The Bertz CT molecular complexity index is 815. The molecule has 1 aliphatic rings. The lowest BCUT2D eigenvalue weighted by atomic mass is 9.83. The van der Waals surface area contributed by atoms with Crippen molar-refractivity contribution < 1.29 is 18.5 Å². The van der Waals surface area contributed by atoms with Gasteiger partial charge in [-0.25, -0.2) is 0 Å². The summed E-state index contributed by atoms with van der Waals surface area (Å²) in [5.41, 5.74) is 0.771. The van der Waals surface area contributed by atoms with E-state index in [2.05, 4.69) is 5.32 Å². The van der Waals surface area contributed by atoms with Gasteiger partial charge in [-0.05, 0) is 55.8 Å². The van der Waals surface area contributed by atoms with Gasteiger partial charge in [0, 0.05) is 27.6 Å². The van der Waals surface area contributed by atoms with Crippen LogP contribution in [0.25, 0.3) is 0 Å². The lowest BCUT2D eigenvalue weighted by Gasteiger charge is -2.26. The third-order valence-corrected chi connectivity index (χ3v) is 5.21. The van der Waals surface area contributed by atoms with Gasteiger partial charge < -0.3 is 14.8 Å². The van der Waals surface area contributed by atoms with Gasteiger partial charge in [0.2, 0.25) is 5.91 Å². The van der Waals surface area contributed by atoms with E-state index in [9.17, 15) is 9.00 Å². The second-order valence-electron chi connectivity index (χ2n) is 6.42. The van der Waals surface area contributed by atoms with Crippen LogP contribution in [0.3, 0.4) is 0 Å². The van der Waals surface area contributed by atoms with E-state index < -0.39 is 16.2 Å². The van der Waals surface area contributed by atoms with Gasteiger partial charge in [0.05, 0.1) is 5.41 Å². The second-order valence-corrected chi connectivity index (χ2v) is 7.80. The maximum atomic E-state index is 12.8. The highest BCUT2D eigenvalue weighted by atomic mass is 32.2. The first-order valence-electron chi connectivity index (χ1n) is 8.03. The molecule has 6 heteroatoms. The smallest absolute Gasteiger partial charge is 0.234 e. The summed E-state index contributed by atoms with van der Waals surface area (Å²) in [5.74, 6) is 1.24. The quantitative estimate of drug-likeness (QED) is 0.911. The molecule has 3 rings (SSSR count). The van der Waals surface area contributed by atoms with E-state index in [1.54, 1.807) is 30.5 Å². The zero-order valence-electron chi connectivity index (χ0n) is 14.5. The number of nitrogens with one attached hydrogen (secondary N) is 1. The number of ether oxygens (including phenoxy) is 2. The van der Waals surface area contributed by atoms with E-state index >= 15 is 0 Å². The fourth-order valence-corrected chi connectivity index (χ4v) is 3.10. The summed E-state index contributed by atoms with van der Waals surface area (Å²) in [5, 5.41) is 2.92. The van der Waals surface area contributed by atoms with Crippen molar-refractivity contribution in [1.29, 1.82) is 0 Å². The molecule has 1 heterocycles. The molecule has 0 saturated carbocycles. The van der Waals surface area contributed by atoms with Crippen LogP contribution in [-0.2, 0) is 21.0 Å². The van der Waals surface area contributed by atoms with E-state index in [1.165, 1.54) is 0 Å². The summed E-state index contributed by atoms with van der Waals surface area (Å²) in [6, 6.07) is 12.6. The summed E-state index contributed by atoms with van der Waals surface area (Å²) in [6.45, 7) is 4.77. The molecule has 1 amide bonds.